The molecule has 5 nitrogen and oxygen atoms in total. The van der Waals surface area contributed by atoms with Gasteiger partial charge in [0.2, 0.25) is 5.91 Å². The van der Waals surface area contributed by atoms with E-state index in [0.717, 1.165) is 18.7 Å². The molecule has 0 atom stereocenters. The quantitative estimate of drug-likeness (QED) is 0.820. The predicted molar refractivity (Wildman–Crippen MR) is 98.1 cm³/mol. The monoisotopic (exact) mass is 336 g/mol. The van der Waals surface area contributed by atoms with Crippen molar-refractivity contribution in [2.75, 3.05) is 23.4 Å². The fourth-order valence-corrected chi connectivity index (χ4v) is 2.74. The van der Waals surface area contributed by atoms with Crippen molar-refractivity contribution in [1.82, 2.24) is 0 Å². The van der Waals surface area contributed by atoms with Crippen LogP contribution in [0.4, 0.5) is 11.4 Å². The Labute approximate surface area is 146 Å². The van der Waals surface area contributed by atoms with Crippen LogP contribution in [-0.4, -0.2) is 25.0 Å². The molecule has 0 bridgehead atoms. The van der Waals surface area contributed by atoms with Crippen LogP contribution in [0.3, 0.4) is 0 Å². The van der Waals surface area contributed by atoms with Gasteiger partial charge in [-0.2, -0.15) is 0 Å². The maximum absolute atomic E-state index is 12.4. The molecule has 128 valence electrons. The van der Waals surface area contributed by atoms with E-state index in [-0.39, 0.29) is 11.8 Å². The van der Waals surface area contributed by atoms with Crippen LogP contribution in [-0.2, 0) is 4.79 Å². The van der Waals surface area contributed by atoms with Crippen LogP contribution in [0.2, 0.25) is 0 Å². The first-order valence-electron chi connectivity index (χ1n) is 8.23. The van der Waals surface area contributed by atoms with E-state index < -0.39 is 0 Å². The second-order valence-electron chi connectivity index (χ2n) is 5.78. The number of benzene rings is 2. The normalized spacial score (nSPS) is 13.6. The van der Waals surface area contributed by atoms with Crippen molar-refractivity contribution in [2.24, 2.45) is 0 Å². The molecule has 3 rings (SSSR count). The van der Waals surface area contributed by atoms with Crippen molar-refractivity contribution in [1.29, 1.82) is 0 Å². The zero-order chi connectivity index (χ0) is 17.6. The number of amides is 2. The smallest absolute Gasteiger partial charge is 0.255 e. The number of nitrogens with one attached hydrogen (secondary N) is 1. The first kappa shape index (κ1) is 16.8. The highest BCUT2D eigenvalue weighted by Crippen LogP contribution is 2.22. The van der Waals surface area contributed by atoms with E-state index in [2.05, 4.69) is 11.9 Å². The fourth-order valence-electron chi connectivity index (χ4n) is 2.74. The third kappa shape index (κ3) is 4.07. The lowest BCUT2D eigenvalue weighted by Crippen LogP contribution is -2.23. The molecule has 0 saturated carbocycles. The van der Waals surface area contributed by atoms with Gasteiger partial charge in [-0.05, 0) is 42.8 Å². The molecule has 1 aliphatic heterocycles. The van der Waals surface area contributed by atoms with E-state index in [0.29, 0.717) is 30.0 Å². The molecule has 1 heterocycles. The van der Waals surface area contributed by atoms with Crippen molar-refractivity contribution in [3.05, 3.63) is 66.7 Å². The number of hydrogen-bond donors (Lipinski definition) is 1. The highest BCUT2D eigenvalue weighted by atomic mass is 16.5. The molecule has 0 radical (unpaired) electrons. The van der Waals surface area contributed by atoms with Gasteiger partial charge in [-0.15, -0.1) is 0 Å². The zero-order valence-corrected chi connectivity index (χ0v) is 13.9. The van der Waals surface area contributed by atoms with Crippen LogP contribution >= 0.6 is 0 Å². The summed E-state index contributed by atoms with van der Waals surface area (Å²) in [7, 11) is 0. The van der Waals surface area contributed by atoms with Gasteiger partial charge in [-0.25, -0.2) is 0 Å². The van der Waals surface area contributed by atoms with E-state index in [1.807, 2.05) is 24.3 Å². The summed E-state index contributed by atoms with van der Waals surface area (Å²) in [6.07, 6.45) is 3.13. The Kier molecular flexibility index (Phi) is 5.14. The summed E-state index contributed by atoms with van der Waals surface area (Å²) in [5.41, 5.74) is 2.03. The van der Waals surface area contributed by atoms with E-state index in [1.165, 1.54) is 0 Å². The van der Waals surface area contributed by atoms with E-state index >= 15 is 0 Å². The van der Waals surface area contributed by atoms with Gasteiger partial charge in [0.05, 0.1) is 0 Å². The third-order valence-corrected chi connectivity index (χ3v) is 3.97. The van der Waals surface area contributed by atoms with E-state index in [9.17, 15) is 9.59 Å². The number of nitrogens with zero attached hydrogens (tertiary/aromatic N) is 1. The maximum Gasteiger partial charge on any atom is 0.255 e. The molecule has 1 fully saturated rings. The molecular weight excluding hydrogens is 316 g/mol. The summed E-state index contributed by atoms with van der Waals surface area (Å²) >= 11 is 0. The summed E-state index contributed by atoms with van der Waals surface area (Å²) in [6, 6.07) is 14.3. The Hall–Kier alpha value is -3.08. The summed E-state index contributed by atoms with van der Waals surface area (Å²) in [4.78, 5) is 25.9. The van der Waals surface area contributed by atoms with Gasteiger partial charge in [0, 0.05) is 36.0 Å². The number of carbonyl (C=O) groups excluding carboxylic acids is 2. The first-order valence-corrected chi connectivity index (χ1v) is 8.23. The van der Waals surface area contributed by atoms with Gasteiger partial charge in [0.1, 0.15) is 12.4 Å². The molecule has 1 N–H and O–H groups in total. The molecule has 2 aromatic rings. The molecule has 0 unspecified atom stereocenters. The largest absolute Gasteiger partial charge is 0.489 e. The summed E-state index contributed by atoms with van der Waals surface area (Å²) in [5.74, 6) is 0.592. The van der Waals surface area contributed by atoms with Crippen molar-refractivity contribution >= 4 is 23.2 Å². The Morgan fingerprint density at radius 1 is 1.24 bits per heavy atom. The van der Waals surface area contributed by atoms with Gasteiger partial charge in [-0.1, -0.05) is 18.7 Å². The lowest BCUT2D eigenvalue weighted by Gasteiger charge is -2.15. The fraction of sp³-hybridized carbons (Fsp3) is 0.200. The first-order chi connectivity index (χ1) is 12.2. The van der Waals surface area contributed by atoms with Crippen LogP contribution in [0.5, 0.6) is 5.75 Å². The van der Waals surface area contributed by atoms with E-state index in [4.69, 9.17) is 4.74 Å². The molecule has 0 aliphatic carbocycles. The number of carbonyl (C=O) groups is 2. The molecule has 1 aliphatic rings. The van der Waals surface area contributed by atoms with E-state index in [1.54, 1.807) is 35.2 Å². The highest BCUT2D eigenvalue weighted by Gasteiger charge is 2.21. The average Bonchev–Trinajstić information content (AvgIpc) is 3.06. The number of ether oxygens (including phenoxy) is 1. The minimum atomic E-state index is -0.208. The molecule has 5 heteroatoms. The molecule has 1 saturated heterocycles. The van der Waals surface area contributed by atoms with Crippen LogP contribution < -0.4 is 15.0 Å². The molecular formula is C20H20N2O3. The highest BCUT2D eigenvalue weighted by molar-refractivity contribution is 6.05. The van der Waals surface area contributed by atoms with Gasteiger partial charge < -0.3 is 15.0 Å². The van der Waals surface area contributed by atoms with Crippen molar-refractivity contribution < 1.29 is 14.3 Å². The third-order valence-electron chi connectivity index (χ3n) is 3.97. The van der Waals surface area contributed by atoms with Crippen molar-refractivity contribution in [3.63, 3.8) is 0 Å². The molecule has 25 heavy (non-hydrogen) atoms. The standard InChI is InChI=1S/C20H20N2O3/c1-2-13-25-18-6-3-5-16(14-18)21-20(24)15-8-10-17(11-9-15)22-12-4-7-19(22)23/h2-3,5-6,8-11,14H,1,4,7,12-13H2,(H,21,24). The van der Waals surface area contributed by atoms with Crippen LogP contribution in [0, 0.1) is 0 Å². The molecule has 0 spiro atoms. The summed E-state index contributed by atoms with van der Waals surface area (Å²) in [6.45, 7) is 4.76. The lowest BCUT2D eigenvalue weighted by molar-refractivity contribution is -0.117. The number of anilines is 2. The SMILES string of the molecule is C=CCOc1cccc(NC(=O)c2ccc(N3CCCC3=O)cc2)c1. The second kappa shape index (κ2) is 7.66. The Morgan fingerprint density at radius 2 is 2.04 bits per heavy atom. The minimum absolute atomic E-state index is 0.133. The average molecular weight is 336 g/mol. The van der Waals surface area contributed by atoms with Crippen LogP contribution in [0.15, 0.2) is 61.2 Å². The predicted octanol–water partition coefficient (Wildman–Crippen LogP) is 3.63. The summed E-state index contributed by atoms with van der Waals surface area (Å²) in [5, 5.41) is 2.85. The van der Waals surface area contributed by atoms with Crippen molar-refractivity contribution in [3.8, 4) is 5.75 Å². The Morgan fingerprint density at radius 3 is 2.72 bits per heavy atom. The van der Waals surface area contributed by atoms with Crippen LogP contribution in [0.1, 0.15) is 23.2 Å². The summed E-state index contributed by atoms with van der Waals surface area (Å²) < 4.78 is 5.46. The van der Waals surface area contributed by atoms with Crippen LogP contribution in [0.25, 0.3) is 0 Å². The number of hydrogen-bond acceptors (Lipinski definition) is 3. The zero-order valence-electron chi connectivity index (χ0n) is 13.9. The van der Waals surface area contributed by atoms with Gasteiger partial charge >= 0.3 is 0 Å². The van der Waals surface area contributed by atoms with Gasteiger partial charge in [0.25, 0.3) is 5.91 Å². The molecule has 0 aromatic heterocycles. The Bertz CT molecular complexity index is 784. The lowest BCUT2D eigenvalue weighted by atomic mass is 10.1. The second-order valence-corrected chi connectivity index (χ2v) is 5.78. The van der Waals surface area contributed by atoms with Gasteiger partial charge in [0.15, 0.2) is 0 Å². The van der Waals surface area contributed by atoms with Crippen molar-refractivity contribution in [2.45, 2.75) is 12.8 Å². The Balaban J connectivity index is 1.67. The molecule has 2 aromatic carbocycles. The minimum Gasteiger partial charge on any atom is -0.489 e. The molecule has 2 amide bonds. The van der Waals surface area contributed by atoms with Gasteiger partial charge in [-0.3, -0.25) is 9.59 Å². The number of rotatable bonds is 6. The topological polar surface area (TPSA) is 58.6 Å². The maximum atomic E-state index is 12.4.